The SMILES string of the molecule is Cc1ccc2c(C)c(N)sc2n1.N#Cc1ccc2c(c1)C(=O)CC1(CCN(C=O)CC1)O2. The van der Waals surface area contributed by atoms with Crippen molar-refractivity contribution in [2.24, 2.45) is 0 Å². The first-order valence-electron chi connectivity index (χ1n) is 10.4. The molecule has 5 rings (SSSR count). The van der Waals surface area contributed by atoms with Gasteiger partial charge in [0.25, 0.3) is 0 Å². The number of aryl methyl sites for hydroxylation is 2. The average Bonchev–Trinajstić information content (AvgIpc) is 3.07. The largest absolute Gasteiger partial charge is 0.486 e. The standard InChI is InChI=1S/C15H14N2O3.C9H10N2S/c16-9-11-1-2-14-12(7-11)13(19)8-15(20-14)3-5-17(10-18)6-4-15;1-5-3-4-7-6(2)8(10)12-9(7)11-5/h1-2,7,10H,3-6,8H2;3-4H,10H2,1-2H3. The number of ketones is 1. The zero-order valence-corrected chi connectivity index (χ0v) is 18.9. The van der Waals surface area contributed by atoms with Crippen LogP contribution in [0.25, 0.3) is 10.2 Å². The maximum absolute atomic E-state index is 12.3. The number of nitriles is 1. The van der Waals surface area contributed by atoms with Gasteiger partial charge in [0.15, 0.2) is 5.78 Å². The van der Waals surface area contributed by atoms with Gasteiger partial charge in [-0.2, -0.15) is 5.26 Å². The molecule has 3 aromatic rings. The lowest BCUT2D eigenvalue weighted by Crippen LogP contribution is -2.50. The van der Waals surface area contributed by atoms with Crippen molar-refractivity contribution in [3.8, 4) is 11.8 Å². The molecule has 0 atom stereocenters. The van der Waals surface area contributed by atoms with Gasteiger partial charge in [0.2, 0.25) is 6.41 Å². The van der Waals surface area contributed by atoms with Crippen LogP contribution in [0, 0.1) is 25.2 Å². The topological polar surface area (TPSA) is 109 Å². The minimum absolute atomic E-state index is 0.0166. The smallest absolute Gasteiger partial charge is 0.209 e. The molecule has 0 saturated carbocycles. The van der Waals surface area contributed by atoms with Crippen molar-refractivity contribution >= 4 is 38.7 Å². The highest BCUT2D eigenvalue weighted by atomic mass is 32.1. The normalized spacial score (nSPS) is 16.5. The van der Waals surface area contributed by atoms with Gasteiger partial charge in [0, 0.05) is 37.0 Å². The van der Waals surface area contributed by atoms with E-state index in [4.69, 9.17) is 15.7 Å². The minimum Gasteiger partial charge on any atom is -0.486 e. The molecule has 0 aliphatic carbocycles. The maximum atomic E-state index is 12.3. The van der Waals surface area contributed by atoms with Gasteiger partial charge >= 0.3 is 0 Å². The maximum Gasteiger partial charge on any atom is 0.209 e. The second-order valence-corrected chi connectivity index (χ2v) is 9.28. The molecule has 1 spiro atoms. The molecule has 1 fully saturated rings. The fourth-order valence-electron chi connectivity index (χ4n) is 4.09. The van der Waals surface area contributed by atoms with Crippen LogP contribution in [0.15, 0.2) is 30.3 Å². The third-order valence-corrected chi connectivity index (χ3v) is 7.09. The lowest BCUT2D eigenvalue weighted by Gasteiger charge is -2.43. The Balaban J connectivity index is 0.000000174. The molecule has 32 heavy (non-hydrogen) atoms. The highest BCUT2D eigenvalue weighted by Gasteiger charge is 2.42. The van der Waals surface area contributed by atoms with E-state index < -0.39 is 5.60 Å². The highest BCUT2D eigenvalue weighted by Crippen LogP contribution is 2.39. The average molecular weight is 449 g/mol. The summed E-state index contributed by atoms with van der Waals surface area (Å²) >= 11 is 1.56. The van der Waals surface area contributed by atoms with Crippen LogP contribution in [0.4, 0.5) is 5.00 Å². The summed E-state index contributed by atoms with van der Waals surface area (Å²) < 4.78 is 6.05. The second-order valence-electron chi connectivity index (χ2n) is 8.25. The van der Waals surface area contributed by atoms with E-state index in [0.717, 1.165) is 27.5 Å². The fraction of sp³-hybridized carbons (Fsp3) is 0.333. The summed E-state index contributed by atoms with van der Waals surface area (Å²) in [5.41, 5.74) is 8.45. The Kier molecular flexibility index (Phi) is 5.85. The molecule has 8 heteroatoms. The van der Waals surface area contributed by atoms with Crippen molar-refractivity contribution < 1.29 is 14.3 Å². The van der Waals surface area contributed by atoms with Crippen LogP contribution < -0.4 is 10.5 Å². The van der Waals surface area contributed by atoms with E-state index in [0.29, 0.717) is 49.2 Å². The number of aromatic nitrogens is 1. The van der Waals surface area contributed by atoms with Gasteiger partial charge in [-0.1, -0.05) is 11.3 Å². The van der Waals surface area contributed by atoms with Crippen LogP contribution in [0.5, 0.6) is 5.75 Å². The molecule has 1 amide bonds. The number of carbonyl (C=O) groups excluding carboxylic acids is 2. The molecule has 164 valence electrons. The Morgan fingerprint density at radius 1 is 1.25 bits per heavy atom. The van der Waals surface area contributed by atoms with Gasteiger partial charge in [-0.25, -0.2) is 4.98 Å². The summed E-state index contributed by atoms with van der Waals surface area (Å²) in [5, 5.41) is 10.9. The van der Waals surface area contributed by atoms with Gasteiger partial charge in [0.1, 0.15) is 16.2 Å². The number of carbonyl (C=O) groups is 2. The molecule has 7 nitrogen and oxygen atoms in total. The van der Waals surface area contributed by atoms with E-state index in [1.165, 1.54) is 5.39 Å². The van der Waals surface area contributed by atoms with E-state index in [1.807, 2.05) is 26.0 Å². The van der Waals surface area contributed by atoms with Crippen molar-refractivity contribution in [3.05, 3.63) is 52.7 Å². The van der Waals surface area contributed by atoms with Gasteiger partial charge < -0.3 is 15.4 Å². The molecule has 1 aromatic carbocycles. The Morgan fingerprint density at radius 2 is 2.00 bits per heavy atom. The second kappa shape index (κ2) is 8.60. The summed E-state index contributed by atoms with van der Waals surface area (Å²) in [6.45, 7) is 5.25. The molecule has 2 aromatic heterocycles. The van der Waals surface area contributed by atoms with Crippen LogP contribution in [0.3, 0.4) is 0 Å². The number of amides is 1. The molecule has 0 unspecified atom stereocenters. The number of piperidine rings is 1. The number of nitrogens with zero attached hydrogens (tertiary/aromatic N) is 3. The summed E-state index contributed by atoms with van der Waals surface area (Å²) in [6.07, 6.45) is 2.49. The van der Waals surface area contributed by atoms with Crippen LogP contribution in [0.1, 0.15) is 46.4 Å². The number of hydrogen-bond donors (Lipinski definition) is 1. The zero-order chi connectivity index (χ0) is 22.9. The quantitative estimate of drug-likeness (QED) is 0.563. The first-order chi connectivity index (χ1) is 15.3. The third-order valence-electron chi connectivity index (χ3n) is 6.06. The zero-order valence-electron chi connectivity index (χ0n) is 18.1. The Morgan fingerprint density at radius 3 is 2.69 bits per heavy atom. The number of nitrogens with two attached hydrogens (primary N) is 1. The van der Waals surface area contributed by atoms with Crippen LogP contribution >= 0.6 is 11.3 Å². The molecule has 0 radical (unpaired) electrons. The number of anilines is 1. The monoisotopic (exact) mass is 448 g/mol. The van der Waals surface area contributed by atoms with Gasteiger partial charge in [0.05, 0.1) is 28.6 Å². The molecule has 2 N–H and O–H groups in total. The third kappa shape index (κ3) is 4.16. The van der Waals surface area contributed by atoms with Crippen molar-refractivity contribution in [1.29, 1.82) is 5.26 Å². The van der Waals surface area contributed by atoms with Gasteiger partial charge in [-0.05, 0) is 49.7 Å². The first kappa shape index (κ1) is 21.8. The molecule has 2 aliphatic heterocycles. The van der Waals surface area contributed by atoms with E-state index in [-0.39, 0.29) is 5.78 Å². The van der Waals surface area contributed by atoms with Crippen molar-refractivity contribution in [2.45, 2.75) is 38.7 Å². The van der Waals surface area contributed by atoms with E-state index in [1.54, 1.807) is 34.4 Å². The number of likely N-dealkylation sites (tertiary alicyclic amines) is 1. The molecule has 2 aliphatic rings. The van der Waals surface area contributed by atoms with E-state index in [9.17, 15) is 9.59 Å². The Hall–Kier alpha value is -3.44. The lowest BCUT2D eigenvalue weighted by atomic mass is 9.82. The van der Waals surface area contributed by atoms with Crippen LogP contribution in [0.2, 0.25) is 0 Å². The van der Waals surface area contributed by atoms with Crippen molar-refractivity contribution in [3.63, 3.8) is 0 Å². The summed E-state index contributed by atoms with van der Waals surface area (Å²) in [7, 11) is 0. The number of nitrogen functional groups attached to an aromatic ring is 1. The van der Waals surface area contributed by atoms with Crippen LogP contribution in [-0.2, 0) is 4.79 Å². The number of ether oxygens (including phenoxy) is 1. The van der Waals surface area contributed by atoms with Gasteiger partial charge in [-0.15, -0.1) is 0 Å². The number of pyridine rings is 1. The van der Waals surface area contributed by atoms with Gasteiger partial charge in [-0.3, -0.25) is 9.59 Å². The van der Waals surface area contributed by atoms with Crippen molar-refractivity contribution in [2.75, 3.05) is 18.8 Å². The summed E-state index contributed by atoms with van der Waals surface area (Å²) in [6, 6.07) is 11.1. The molecular weight excluding hydrogens is 424 g/mol. The number of fused-ring (bicyclic) bond motifs is 2. The number of benzene rings is 1. The number of hydrogen-bond acceptors (Lipinski definition) is 7. The van der Waals surface area contributed by atoms with E-state index >= 15 is 0 Å². The Bertz CT molecular complexity index is 1240. The lowest BCUT2D eigenvalue weighted by molar-refractivity contribution is -0.121. The van der Waals surface area contributed by atoms with Crippen LogP contribution in [-0.4, -0.2) is 40.8 Å². The predicted molar refractivity (Wildman–Crippen MR) is 124 cm³/mol. The minimum atomic E-state index is -0.488. The van der Waals surface area contributed by atoms with E-state index in [2.05, 4.69) is 11.1 Å². The molecule has 4 heterocycles. The molecule has 1 saturated heterocycles. The highest BCUT2D eigenvalue weighted by molar-refractivity contribution is 7.22. The molecule has 0 bridgehead atoms. The number of thiophene rings is 1. The number of Topliss-reactive ketones (excluding diaryl/α,β-unsaturated/α-hetero) is 1. The Labute approximate surface area is 190 Å². The predicted octanol–water partition coefficient (Wildman–Crippen LogP) is 4.01. The summed E-state index contributed by atoms with van der Waals surface area (Å²) in [4.78, 5) is 30.2. The number of rotatable bonds is 1. The fourth-order valence-corrected chi connectivity index (χ4v) is 5.08. The molecular formula is C24H24N4O3S. The first-order valence-corrected chi connectivity index (χ1v) is 11.2. The summed E-state index contributed by atoms with van der Waals surface area (Å²) in [5.74, 6) is 0.572. The van der Waals surface area contributed by atoms with Crippen molar-refractivity contribution in [1.82, 2.24) is 9.88 Å².